The van der Waals surface area contributed by atoms with Gasteiger partial charge in [-0.05, 0) is 112 Å². The molecule has 1 saturated heterocycles. The Balaban J connectivity index is 1.95. The van der Waals surface area contributed by atoms with E-state index in [0.717, 1.165) is 16.5 Å². The van der Waals surface area contributed by atoms with Gasteiger partial charge in [-0.25, -0.2) is 0 Å². The lowest BCUT2D eigenvalue weighted by Gasteiger charge is -2.47. The van der Waals surface area contributed by atoms with Gasteiger partial charge in [0.25, 0.3) is 0 Å². The van der Waals surface area contributed by atoms with Crippen LogP contribution in [0.15, 0.2) is 54.7 Å². The average Bonchev–Trinajstić information content (AvgIpc) is 3.50. The van der Waals surface area contributed by atoms with Gasteiger partial charge in [-0.15, -0.1) is 0 Å². The van der Waals surface area contributed by atoms with Gasteiger partial charge in [0.05, 0.1) is 39.3 Å². The van der Waals surface area contributed by atoms with Crippen LogP contribution in [0.25, 0.3) is 10.9 Å². The molecule has 0 bridgehead atoms. The van der Waals surface area contributed by atoms with E-state index in [-0.39, 0.29) is 6.61 Å². The zero-order valence-corrected chi connectivity index (χ0v) is 33.5. The summed E-state index contributed by atoms with van der Waals surface area (Å²) < 4.78 is 31.1. The molecule has 2 heterocycles. The number of benzene rings is 2. The van der Waals surface area contributed by atoms with Gasteiger partial charge in [0, 0.05) is 17.1 Å². The van der Waals surface area contributed by atoms with E-state index in [0.29, 0.717) is 11.1 Å². The van der Waals surface area contributed by atoms with Crippen molar-refractivity contribution < 1.29 is 42.9 Å². The maximum atomic E-state index is 13.8. The van der Waals surface area contributed by atoms with E-state index in [4.69, 9.17) is 23.7 Å². The van der Waals surface area contributed by atoms with Crippen molar-refractivity contribution in [3.05, 3.63) is 71.4 Å². The largest absolute Gasteiger partial charge is 0.462 e. The first-order chi connectivity index (χ1) is 24.9. The summed E-state index contributed by atoms with van der Waals surface area (Å²) in [7, 11) is 0. The minimum absolute atomic E-state index is 0.387. The van der Waals surface area contributed by atoms with Crippen LogP contribution in [0.4, 0.5) is 0 Å². The normalized spacial score (nSPS) is 21.4. The summed E-state index contributed by atoms with van der Waals surface area (Å²) in [6.45, 7) is 19.8. The number of para-hydroxylation sites is 1. The fourth-order valence-corrected chi connectivity index (χ4v) is 5.51. The van der Waals surface area contributed by atoms with Gasteiger partial charge in [0.15, 0.2) is 24.5 Å². The number of nitriles is 1. The van der Waals surface area contributed by atoms with Crippen LogP contribution in [0.3, 0.4) is 0 Å². The van der Waals surface area contributed by atoms with Gasteiger partial charge in [-0.1, -0.05) is 30.3 Å². The van der Waals surface area contributed by atoms with Crippen molar-refractivity contribution in [3.8, 4) is 6.07 Å². The Morgan fingerprint density at radius 2 is 1.28 bits per heavy atom. The Kier molecular flexibility index (Phi) is 12.4. The number of hydrogen-bond donors (Lipinski definition) is 2. The molecule has 1 aromatic heterocycles. The Bertz CT molecular complexity index is 1880. The van der Waals surface area contributed by atoms with E-state index in [2.05, 4.69) is 16.4 Å². The first-order valence-corrected chi connectivity index (χ1v) is 18.2. The summed E-state index contributed by atoms with van der Waals surface area (Å²) in [6.07, 6.45) is -4.79. The molecule has 12 heteroatoms. The van der Waals surface area contributed by atoms with E-state index in [1.165, 1.54) is 0 Å². The zero-order chi connectivity index (χ0) is 40.4. The Labute approximate surface area is 318 Å². The van der Waals surface area contributed by atoms with Gasteiger partial charge < -0.3 is 28.7 Å². The van der Waals surface area contributed by atoms with Crippen LogP contribution in [0.1, 0.15) is 106 Å². The molecule has 1 unspecified atom stereocenters. The highest BCUT2D eigenvalue weighted by Gasteiger charge is 2.55. The molecule has 0 radical (unpaired) electrons. The van der Waals surface area contributed by atoms with Crippen molar-refractivity contribution in [3.63, 3.8) is 0 Å². The van der Waals surface area contributed by atoms with Gasteiger partial charge in [0.2, 0.25) is 0 Å². The van der Waals surface area contributed by atoms with Crippen molar-refractivity contribution in [2.24, 2.45) is 21.7 Å². The molecule has 2 N–H and O–H groups in total. The zero-order valence-electron chi connectivity index (χ0n) is 33.5. The lowest BCUT2D eigenvalue weighted by molar-refractivity contribution is -0.265. The van der Waals surface area contributed by atoms with Crippen molar-refractivity contribution in [1.29, 1.82) is 5.26 Å². The fraction of sp³-hybridized carbons (Fsp3) is 0.548. The molecule has 6 atom stereocenters. The highest BCUT2D eigenvalue weighted by atomic mass is 16.7. The van der Waals surface area contributed by atoms with Crippen molar-refractivity contribution in [2.75, 3.05) is 6.61 Å². The SMILES string of the molecule is CC(C)(C)C(=O)OC[C@H]1O[C@@H](NC(c2cccc(C#N)c2)c2c[nH]c3ccccc23)[C@H](OC(=O)C(C)(C)C)[C@@H](OC(=O)C(C)(C)C)[C@H]1OC(=O)C(C)(C)C. The van der Waals surface area contributed by atoms with Crippen LogP contribution in [-0.4, -0.2) is 66.1 Å². The lowest BCUT2D eigenvalue weighted by atomic mass is 9.91. The highest BCUT2D eigenvalue weighted by molar-refractivity contribution is 5.84. The maximum Gasteiger partial charge on any atom is 0.311 e. The minimum Gasteiger partial charge on any atom is -0.462 e. The van der Waals surface area contributed by atoms with E-state index < -0.39 is 82.2 Å². The average molecular weight is 746 g/mol. The van der Waals surface area contributed by atoms with E-state index in [1.807, 2.05) is 36.5 Å². The predicted octanol–water partition coefficient (Wildman–Crippen LogP) is 6.91. The van der Waals surface area contributed by atoms with Gasteiger partial charge >= 0.3 is 23.9 Å². The van der Waals surface area contributed by atoms with E-state index in [1.54, 1.807) is 101 Å². The first-order valence-electron chi connectivity index (χ1n) is 18.2. The van der Waals surface area contributed by atoms with Gasteiger partial charge in [0.1, 0.15) is 12.7 Å². The van der Waals surface area contributed by atoms with Crippen molar-refractivity contribution in [2.45, 2.75) is 120 Å². The van der Waals surface area contributed by atoms with E-state index >= 15 is 0 Å². The molecule has 4 rings (SSSR count). The molecule has 1 aliphatic rings. The lowest BCUT2D eigenvalue weighted by Crippen LogP contribution is -2.67. The molecule has 1 aliphatic heterocycles. The standard InChI is InChI=1S/C42H55N3O9/c1-39(2,3)35(46)50-23-29-31(52-36(47)40(4,5)6)32(53-37(48)41(7,8)9)33(54-38(49)42(10,11)12)34(51-29)45-30(25-17-15-16-24(20-25)21-43)27-22-44-28-19-14-13-18-26(27)28/h13-20,22,29-34,44-45H,23H2,1-12H3/t29-,30?,31+,32+,33-,34-/m1/s1. The topological polar surface area (TPSA) is 166 Å². The Hall–Kier alpha value is -4.73. The monoisotopic (exact) mass is 745 g/mol. The Morgan fingerprint density at radius 3 is 1.83 bits per heavy atom. The molecule has 0 aliphatic carbocycles. The summed E-state index contributed by atoms with van der Waals surface area (Å²) >= 11 is 0. The van der Waals surface area contributed by atoms with E-state index in [9.17, 15) is 24.4 Å². The molecular formula is C42H55N3O9. The van der Waals surface area contributed by atoms with Gasteiger partial charge in [-0.2, -0.15) is 5.26 Å². The molecule has 0 spiro atoms. The number of aromatic nitrogens is 1. The second-order valence-corrected chi connectivity index (χ2v) is 17.9. The quantitative estimate of drug-likeness (QED) is 0.173. The van der Waals surface area contributed by atoms with Crippen molar-refractivity contribution in [1.82, 2.24) is 10.3 Å². The third-order valence-corrected chi connectivity index (χ3v) is 8.80. The maximum absolute atomic E-state index is 13.8. The molecule has 1 fully saturated rings. The molecule has 292 valence electrons. The number of carbonyl (C=O) groups excluding carboxylic acids is 4. The minimum atomic E-state index is -1.42. The summed E-state index contributed by atoms with van der Waals surface area (Å²) in [5.74, 6) is -2.46. The number of aromatic amines is 1. The number of nitrogens with zero attached hydrogens (tertiary/aromatic N) is 1. The molecule has 12 nitrogen and oxygen atoms in total. The Morgan fingerprint density at radius 1 is 0.741 bits per heavy atom. The summed E-state index contributed by atoms with van der Waals surface area (Å²) in [6, 6.07) is 16.3. The number of hydrogen-bond acceptors (Lipinski definition) is 11. The molecular weight excluding hydrogens is 690 g/mol. The molecule has 0 amide bonds. The number of carbonyl (C=O) groups is 4. The summed E-state index contributed by atoms with van der Waals surface area (Å²) in [5.41, 5.74) is -1.16. The number of H-pyrrole nitrogens is 1. The third-order valence-electron chi connectivity index (χ3n) is 8.80. The third kappa shape index (κ3) is 10.1. The summed E-state index contributed by atoms with van der Waals surface area (Å²) in [4.78, 5) is 57.5. The highest BCUT2D eigenvalue weighted by Crippen LogP contribution is 2.37. The van der Waals surface area contributed by atoms with Crippen molar-refractivity contribution >= 4 is 34.8 Å². The molecule has 54 heavy (non-hydrogen) atoms. The number of nitrogens with one attached hydrogen (secondary N) is 2. The summed E-state index contributed by atoms with van der Waals surface area (Å²) in [5, 5.41) is 14.2. The van der Waals surface area contributed by atoms with Gasteiger partial charge in [-0.3, -0.25) is 24.5 Å². The predicted molar refractivity (Wildman–Crippen MR) is 202 cm³/mol. The number of ether oxygens (including phenoxy) is 5. The fourth-order valence-electron chi connectivity index (χ4n) is 5.51. The molecule has 0 saturated carbocycles. The second-order valence-electron chi connectivity index (χ2n) is 17.9. The van der Waals surface area contributed by atoms with Crippen LogP contribution in [0.2, 0.25) is 0 Å². The van der Waals surface area contributed by atoms with Crippen LogP contribution in [0, 0.1) is 33.0 Å². The molecule has 3 aromatic rings. The molecule has 2 aromatic carbocycles. The van der Waals surface area contributed by atoms with Crippen LogP contribution in [-0.2, 0) is 42.9 Å². The number of rotatable bonds is 9. The first kappa shape index (κ1) is 42.0. The van der Waals surface area contributed by atoms with Crippen LogP contribution < -0.4 is 5.32 Å². The number of esters is 4. The van der Waals surface area contributed by atoms with Crippen LogP contribution in [0.5, 0.6) is 0 Å². The number of fused-ring (bicyclic) bond motifs is 1. The second kappa shape index (κ2) is 15.9. The smallest absolute Gasteiger partial charge is 0.311 e. The van der Waals surface area contributed by atoms with Crippen LogP contribution >= 0.6 is 0 Å².